The van der Waals surface area contributed by atoms with Gasteiger partial charge in [-0.3, -0.25) is 0 Å². The highest BCUT2D eigenvalue weighted by molar-refractivity contribution is 6.31. The Bertz CT molecular complexity index is 1170. The normalized spacial score (nSPS) is 15.2. The molecule has 0 spiro atoms. The third kappa shape index (κ3) is 2.14. The minimum Gasteiger partial charge on any atom is -0.374 e. The van der Waals surface area contributed by atoms with Gasteiger partial charge in [-0.1, -0.05) is 35.9 Å². The number of pyridine rings is 1. The standard InChI is InChI=1S/C20H13ClN4O/c21-16-9-11(25-26)5-6-14(16)19-15-10-23-20-18(15)13(7-8-22-20)12-3-1-2-4-17(12)24-19/h1-10,19,24H,(H,22,23)/t19-/m0/s1. The summed E-state index contributed by atoms with van der Waals surface area (Å²) in [5.74, 6) is 0. The van der Waals surface area contributed by atoms with E-state index in [9.17, 15) is 4.91 Å². The van der Waals surface area contributed by atoms with Crippen LogP contribution in [0.2, 0.25) is 5.02 Å². The van der Waals surface area contributed by atoms with Crippen LogP contribution in [0.3, 0.4) is 0 Å². The van der Waals surface area contributed by atoms with Crippen molar-refractivity contribution < 1.29 is 0 Å². The molecular weight excluding hydrogens is 348 g/mol. The monoisotopic (exact) mass is 360 g/mol. The molecule has 0 amide bonds. The molecule has 0 aliphatic carbocycles. The summed E-state index contributed by atoms with van der Waals surface area (Å²) < 4.78 is 0. The summed E-state index contributed by atoms with van der Waals surface area (Å²) in [7, 11) is 0. The lowest BCUT2D eigenvalue weighted by Gasteiger charge is -2.20. The van der Waals surface area contributed by atoms with Crippen LogP contribution in [-0.2, 0) is 0 Å². The third-order valence-corrected chi connectivity index (χ3v) is 5.16. The highest BCUT2D eigenvalue weighted by Gasteiger charge is 2.27. The van der Waals surface area contributed by atoms with Crippen molar-refractivity contribution in [2.45, 2.75) is 6.04 Å². The number of fused-ring (bicyclic) bond motifs is 2. The summed E-state index contributed by atoms with van der Waals surface area (Å²) >= 11 is 6.49. The van der Waals surface area contributed by atoms with Gasteiger partial charge in [0.1, 0.15) is 11.3 Å². The van der Waals surface area contributed by atoms with E-state index in [2.05, 4.69) is 32.6 Å². The van der Waals surface area contributed by atoms with Gasteiger partial charge in [0, 0.05) is 39.6 Å². The van der Waals surface area contributed by atoms with Gasteiger partial charge in [0.25, 0.3) is 0 Å². The molecule has 2 aromatic heterocycles. The lowest BCUT2D eigenvalue weighted by atomic mass is 9.97. The molecule has 4 aromatic rings. The molecule has 3 heterocycles. The van der Waals surface area contributed by atoms with Gasteiger partial charge in [0.2, 0.25) is 0 Å². The van der Waals surface area contributed by atoms with Crippen molar-refractivity contribution in [3.05, 3.63) is 82.0 Å². The average molecular weight is 361 g/mol. The van der Waals surface area contributed by atoms with Gasteiger partial charge in [-0.05, 0) is 40.6 Å². The zero-order chi connectivity index (χ0) is 17.7. The quantitative estimate of drug-likeness (QED) is 0.444. The van der Waals surface area contributed by atoms with Crippen molar-refractivity contribution in [1.82, 2.24) is 9.97 Å². The number of hydrogen-bond donors (Lipinski definition) is 2. The van der Waals surface area contributed by atoms with E-state index in [0.717, 1.165) is 39.0 Å². The molecule has 0 saturated heterocycles. The van der Waals surface area contributed by atoms with Crippen molar-refractivity contribution in [3.63, 3.8) is 0 Å². The molecule has 1 atom stereocenters. The van der Waals surface area contributed by atoms with E-state index < -0.39 is 0 Å². The molecule has 0 unspecified atom stereocenters. The molecule has 26 heavy (non-hydrogen) atoms. The molecule has 5 nitrogen and oxygen atoms in total. The highest BCUT2D eigenvalue weighted by Crippen LogP contribution is 2.44. The van der Waals surface area contributed by atoms with Crippen LogP contribution in [-0.4, -0.2) is 9.97 Å². The lowest BCUT2D eigenvalue weighted by molar-refractivity contribution is 0.953. The second-order valence-corrected chi connectivity index (χ2v) is 6.65. The Kier molecular flexibility index (Phi) is 3.30. The molecule has 0 radical (unpaired) electrons. The first-order valence-corrected chi connectivity index (χ1v) is 8.59. The van der Waals surface area contributed by atoms with E-state index in [1.165, 1.54) is 0 Å². The zero-order valence-electron chi connectivity index (χ0n) is 13.5. The van der Waals surface area contributed by atoms with Crippen molar-refractivity contribution in [3.8, 4) is 11.1 Å². The van der Waals surface area contributed by atoms with Gasteiger partial charge >= 0.3 is 0 Å². The highest BCUT2D eigenvalue weighted by atomic mass is 35.5. The largest absolute Gasteiger partial charge is 0.374 e. The van der Waals surface area contributed by atoms with Crippen LogP contribution in [0, 0.1) is 4.91 Å². The van der Waals surface area contributed by atoms with Crippen LogP contribution in [0.1, 0.15) is 17.2 Å². The van der Waals surface area contributed by atoms with Crippen LogP contribution < -0.4 is 5.32 Å². The Morgan fingerprint density at radius 2 is 1.92 bits per heavy atom. The van der Waals surface area contributed by atoms with Crippen LogP contribution in [0.25, 0.3) is 22.2 Å². The first-order chi connectivity index (χ1) is 12.8. The molecule has 2 aromatic carbocycles. The molecule has 1 aliphatic heterocycles. The first kappa shape index (κ1) is 15.1. The van der Waals surface area contributed by atoms with E-state index in [-0.39, 0.29) is 6.04 Å². The van der Waals surface area contributed by atoms with Crippen molar-refractivity contribution >= 4 is 34.0 Å². The number of nitrogens with zero attached hydrogens (tertiary/aromatic N) is 2. The smallest absolute Gasteiger partial charge is 0.138 e. The van der Waals surface area contributed by atoms with Crippen LogP contribution in [0.4, 0.5) is 11.4 Å². The van der Waals surface area contributed by atoms with Crippen LogP contribution >= 0.6 is 11.6 Å². The van der Waals surface area contributed by atoms with Gasteiger partial charge in [-0.15, -0.1) is 4.91 Å². The summed E-state index contributed by atoms with van der Waals surface area (Å²) in [5, 5.41) is 8.14. The summed E-state index contributed by atoms with van der Waals surface area (Å²) in [4.78, 5) is 18.5. The average Bonchev–Trinajstić information content (AvgIpc) is 3.04. The number of nitrogens with one attached hydrogen (secondary N) is 2. The summed E-state index contributed by atoms with van der Waals surface area (Å²) in [5.41, 5.74) is 6.36. The van der Waals surface area contributed by atoms with Gasteiger partial charge < -0.3 is 10.3 Å². The molecule has 0 saturated carbocycles. The molecule has 126 valence electrons. The second kappa shape index (κ2) is 5.68. The number of halogens is 1. The predicted octanol–water partition coefficient (Wildman–Crippen LogP) is 5.80. The fraction of sp³-hybridized carbons (Fsp3) is 0.0500. The number of benzene rings is 2. The summed E-state index contributed by atoms with van der Waals surface area (Å²) in [6, 6.07) is 15.2. The maximum Gasteiger partial charge on any atom is 0.138 e. The number of para-hydroxylation sites is 1. The Labute approximate surface area is 154 Å². The van der Waals surface area contributed by atoms with Crippen LogP contribution in [0.5, 0.6) is 0 Å². The SMILES string of the molecule is O=Nc1ccc([C@@H]2Nc3ccccc3-c3ccnc4[nH]cc2c34)c(Cl)c1. The number of nitroso groups, excluding NO2 is 1. The van der Waals surface area contributed by atoms with Crippen molar-refractivity contribution in [2.75, 3.05) is 5.32 Å². The zero-order valence-corrected chi connectivity index (χ0v) is 14.3. The predicted molar refractivity (Wildman–Crippen MR) is 104 cm³/mol. The molecule has 1 aliphatic rings. The molecule has 2 N–H and O–H groups in total. The van der Waals surface area contributed by atoms with Gasteiger partial charge in [-0.2, -0.15) is 0 Å². The van der Waals surface area contributed by atoms with Gasteiger partial charge in [0.15, 0.2) is 0 Å². The summed E-state index contributed by atoms with van der Waals surface area (Å²) in [6.45, 7) is 0. The van der Waals surface area contributed by atoms with E-state index >= 15 is 0 Å². The number of H-pyrrole nitrogens is 1. The number of aromatic nitrogens is 2. The Hall–Kier alpha value is -3.18. The fourth-order valence-electron chi connectivity index (χ4n) is 3.66. The maximum atomic E-state index is 10.8. The van der Waals surface area contributed by atoms with E-state index in [4.69, 9.17) is 11.6 Å². The Morgan fingerprint density at radius 1 is 1.04 bits per heavy atom. The first-order valence-electron chi connectivity index (χ1n) is 8.21. The third-order valence-electron chi connectivity index (χ3n) is 4.83. The van der Waals surface area contributed by atoms with Gasteiger partial charge in [-0.25, -0.2) is 4.98 Å². The van der Waals surface area contributed by atoms with Gasteiger partial charge in [0.05, 0.1) is 6.04 Å². The minimum atomic E-state index is -0.177. The number of aromatic amines is 1. The lowest BCUT2D eigenvalue weighted by Crippen LogP contribution is -2.11. The number of hydrogen-bond acceptors (Lipinski definition) is 4. The van der Waals surface area contributed by atoms with E-state index in [1.54, 1.807) is 12.1 Å². The number of anilines is 1. The topological polar surface area (TPSA) is 70.1 Å². The summed E-state index contributed by atoms with van der Waals surface area (Å²) in [6.07, 6.45) is 3.78. The minimum absolute atomic E-state index is 0.177. The molecule has 6 heteroatoms. The van der Waals surface area contributed by atoms with Crippen molar-refractivity contribution in [1.29, 1.82) is 0 Å². The maximum absolute atomic E-state index is 10.8. The molecule has 0 bridgehead atoms. The molecule has 5 rings (SSSR count). The van der Waals surface area contributed by atoms with Crippen LogP contribution in [0.15, 0.2) is 66.1 Å². The molecular formula is C20H13ClN4O. The van der Waals surface area contributed by atoms with Crippen molar-refractivity contribution in [2.24, 2.45) is 5.18 Å². The Balaban J connectivity index is 1.81. The van der Waals surface area contributed by atoms with E-state index in [0.29, 0.717) is 10.7 Å². The fourth-order valence-corrected chi connectivity index (χ4v) is 3.95. The second-order valence-electron chi connectivity index (χ2n) is 6.25. The number of rotatable bonds is 2. The molecule has 0 fully saturated rings. The Morgan fingerprint density at radius 3 is 2.77 bits per heavy atom. The van der Waals surface area contributed by atoms with E-state index in [1.807, 2.05) is 36.7 Å².